The Hall–Kier alpha value is -0.380. The van der Waals surface area contributed by atoms with E-state index in [2.05, 4.69) is 33.8 Å². The summed E-state index contributed by atoms with van der Waals surface area (Å²) in [6.45, 7) is 12.4. The number of ether oxygens (including phenoxy) is 1. The van der Waals surface area contributed by atoms with Gasteiger partial charge >= 0.3 is 0 Å². The van der Waals surface area contributed by atoms with Crippen LogP contribution in [0.25, 0.3) is 0 Å². The molecule has 0 amide bonds. The van der Waals surface area contributed by atoms with Gasteiger partial charge in [0.2, 0.25) is 0 Å². The molecular weight excluding hydrogens is 348 g/mol. The zero-order valence-corrected chi connectivity index (χ0v) is 18.5. The third-order valence-corrected chi connectivity index (χ3v) is 10.4. The van der Waals surface area contributed by atoms with Crippen molar-refractivity contribution >= 4 is 0 Å². The molecule has 0 bridgehead atoms. The zero-order chi connectivity index (χ0) is 20.1. The summed E-state index contributed by atoms with van der Waals surface area (Å²) < 4.78 is 5.43. The Morgan fingerprint density at radius 2 is 1.79 bits per heavy atom. The molecule has 3 saturated carbocycles. The molecule has 4 fully saturated rings. The molecule has 5 aliphatic rings. The van der Waals surface area contributed by atoms with E-state index in [-0.39, 0.29) is 10.8 Å². The monoisotopic (exact) mass is 388 g/mol. The van der Waals surface area contributed by atoms with Gasteiger partial charge < -0.3 is 14.9 Å². The third-order valence-electron chi connectivity index (χ3n) is 10.4. The van der Waals surface area contributed by atoms with E-state index < -0.39 is 17.8 Å². The van der Waals surface area contributed by atoms with Crippen molar-refractivity contribution in [1.82, 2.24) is 0 Å². The molecule has 2 N–H and O–H groups in total. The summed E-state index contributed by atoms with van der Waals surface area (Å²) in [6.07, 6.45) is 9.77. The van der Waals surface area contributed by atoms with Gasteiger partial charge in [-0.15, -0.1) is 0 Å². The molecule has 10 atom stereocenters. The smallest absolute Gasteiger partial charge is 0.117 e. The molecule has 3 nitrogen and oxygen atoms in total. The minimum atomic E-state index is -0.770. The van der Waals surface area contributed by atoms with Gasteiger partial charge in [-0.05, 0) is 91.8 Å². The van der Waals surface area contributed by atoms with E-state index in [1.165, 1.54) is 32.1 Å². The molecule has 1 aliphatic heterocycles. The van der Waals surface area contributed by atoms with Crippen LogP contribution in [0.2, 0.25) is 0 Å². The Balaban J connectivity index is 1.50. The molecule has 1 heterocycles. The highest BCUT2D eigenvalue weighted by Crippen LogP contribution is 2.74. The summed E-state index contributed by atoms with van der Waals surface area (Å²) in [4.78, 5) is 0. The van der Waals surface area contributed by atoms with Crippen molar-refractivity contribution in [3.63, 3.8) is 0 Å². The lowest BCUT2D eigenvalue weighted by atomic mass is 9.50. The third kappa shape index (κ3) is 2.39. The van der Waals surface area contributed by atoms with Crippen LogP contribution in [0, 0.1) is 39.9 Å². The van der Waals surface area contributed by atoms with Crippen LogP contribution < -0.4 is 0 Å². The molecule has 5 rings (SSSR count). The standard InChI is InChI=1S/C25H40O3/c1-15-8-9-25-16(2)6-7-17(25)20-22(3,12-18(15)25)10-11-23(20,4)13-19(26)21(27)24(5)14-28-24/h12,15-17,19-21,26-27H,6-11,13-14H2,1-5H3/t15-,16-,17-,19-,20-,21-,22+,23+,24?,25-/m0/s1. The summed E-state index contributed by atoms with van der Waals surface area (Å²) in [7, 11) is 0. The highest BCUT2D eigenvalue weighted by atomic mass is 16.6. The van der Waals surface area contributed by atoms with Gasteiger partial charge in [-0.3, -0.25) is 0 Å². The van der Waals surface area contributed by atoms with Crippen molar-refractivity contribution in [3.05, 3.63) is 11.6 Å². The van der Waals surface area contributed by atoms with E-state index in [4.69, 9.17) is 4.74 Å². The SMILES string of the molecule is C[C@H]1CC[C@@]23C1=C[C@@]1(C)CC[C@](C)(C[C@H](O)[C@H](O)C4(C)CO4)[C@H]1[C@@H]2CC[C@@H]3C. The van der Waals surface area contributed by atoms with Crippen molar-refractivity contribution in [2.75, 3.05) is 6.61 Å². The van der Waals surface area contributed by atoms with Crippen LogP contribution in [0.4, 0.5) is 0 Å². The van der Waals surface area contributed by atoms with Crippen molar-refractivity contribution in [1.29, 1.82) is 0 Å². The first kappa shape index (κ1) is 19.6. The Bertz CT molecular complexity index is 696. The summed E-state index contributed by atoms with van der Waals surface area (Å²) in [5, 5.41) is 21.6. The van der Waals surface area contributed by atoms with Gasteiger partial charge in [0.1, 0.15) is 11.7 Å². The number of aliphatic hydroxyl groups is 2. The van der Waals surface area contributed by atoms with Gasteiger partial charge in [0.05, 0.1) is 12.7 Å². The first-order valence-electron chi connectivity index (χ1n) is 11.8. The van der Waals surface area contributed by atoms with Crippen LogP contribution >= 0.6 is 0 Å². The molecular formula is C25H40O3. The number of allylic oxidation sites excluding steroid dienone is 2. The molecule has 1 spiro atoms. The molecule has 0 aromatic heterocycles. The molecule has 158 valence electrons. The quantitative estimate of drug-likeness (QED) is 0.541. The second-order valence-electron chi connectivity index (χ2n) is 12.1. The van der Waals surface area contributed by atoms with Crippen LogP contribution in [0.3, 0.4) is 0 Å². The van der Waals surface area contributed by atoms with E-state index >= 15 is 0 Å². The molecule has 0 aromatic rings. The highest BCUT2D eigenvalue weighted by Gasteiger charge is 2.67. The maximum atomic E-state index is 11.0. The van der Waals surface area contributed by atoms with E-state index in [9.17, 15) is 10.2 Å². The lowest BCUT2D eigenvalue weighted by molar-refractivity contribution is -0.0688. The largest absolute Gasteiger partial charge is 0.390 e. The lowest BCUT2D eigenvalue weighted by Crippen LogP contribution is -2.50. The molecule has 3 heteroatoms. The Morgan fingerprint density at radius 3 is 2.46 bits per heavy atom. The van der Waals surface area contributed by atoms with Crippen molar-refractivity contribution < 1.29 is 14.9 Å². The van der Waals surface area contributed by atoms with Crippen molar-refractivity contribution in [2.45, 2.75) is 97.4 Å². The minimum Gasteiger partial charge on any atom is -0.390 e. The number of fused-ring (bicyclic) bond motifs is 2. The van der Waals surface area contributed by atoms with Crippen LogP contribution in [0.1, 0.15) is 79.6 Å². The van der Waals surface area contributed by atoms with Crippen LogP contribution in [-0.4, -0.2) is 34.6 Å². The topological polar surface area (TPSA) is 53.0 Å². The van der Waals surface area contributed by atoms with Crippen LogP contribution in [0.5, 0.6) is 0 Å². The number of hydrogen-bond donors (Lipinski definition) is 2. The van der Waals surface area contributed by atoms with E-state index in [0.29, 0.717) is 24.4 Å². The Labute approximate surface area is 170 Å². The summed E-state index contributed by atoms with van der Waals surface area (Å²) in [5.74, 6) is 2.90. The molecule has 0 radical (unpaired) electrons. The van der Waals surface area contributed by atoms with Crippen molar-refractivity contribution in [3.8, 4) is 0 Å². The number of hydrogen-bond acceptors (Lipinski definition) is 3. The van der Waals surface area contributed by atoms with Gasteiger partial charge in [-0.2, -0.15) is 0 Å². The van der Waals surface area contributed by atoms with Gasteiger partial charge in [0.25, 0.3) is 0 Å². The van der Waals surface area contributed by atoms with E-state index in [1.807, 2.05) is 6.92 Å². The summed E-state index contributed by atoms with van der Waals surface area (Å²) in [6, 6.07) is 0. The van der Waals surface area contributed by atoms with E-state index in [1.54, 1.807) is 5.57 Å². The summed E-state index contributed by atoms with van der Waals surface area (Å²) >= 11 is 0. The molecule has 0 aromatic carbocycles. The molecule has 1 unspecified atom stereocenters. The molecule has 28 heavy (non-hydrogen) atoms. The first-order valence-corrected chi connectivity index (χ1v) is 11.8. The van der Waals surface area contributed by atoms with Crippen LogP contribution in [0.15, 0.2) is 11.6 Å². The fourth-order valence-corrected chi connectivity index (χ4v) is 8.83. The normalized spacial score (nSPS) is 56.6. The number of epoxide rings is 1. The predicted molar refractivity (Wildman–Crippen MR) is 111 cm³/mol. The maximum absolute atomic E-state index is 11.0. The number of aliphatic hydroxyl groups excluding tert-OH is 2. The Morgan fingerprint density at radius 1 is 1.07 bits per heavy atom. The van der Waals surface area contributed by atoms with Gasteiger partial charge in [-0.1, -0.05) is 39.3 Å². The molecule has 4 aliphatic carbocycles. The maximum Gasteiger partial charge on any atom is 0.117 e. The highest BCUT2D eigenvalue weighted by molar-refractivity contribution is 5.36. The fraction of sp³-hybridized carbons (Fsp3) is 0.920. The lowest BCUT2D eigenvalue weighted by Gasteiger charge is -2.54. The zero-order valence-electron chi connectivity index (χ0n) is 18.5. The molecule has 1 saturated heterocycles. The van der Waals surface area contributed by atoms with Gasteiger partial charge in [-0.25, -0.2) is 0 Å². The minimum absolute atomic E-state index is 0.0932. The van der Waals surface area contributed by atoms with Crippen LogP contribution in [-0.2, 0) is 4.74 Å². The average Bonchev–Trinajstić information content (AvgIpc) is 3.08. The fourth-order valence-electron chi connectivity index (χ4n) is 8.83. The second kappa shape index (κ2) is 5.86. The average molecular weight is 389 g/mol. The first-order chi connectivity index (χ1) is 13.1. The predicted octanol–water partition coefficient (Wildman–Crippen LogP) is 4.71. The van der Waals surface area contributed by atoms with Crippen molar-refractivity contribution in [2.24, 2.45) is 39.9 Å². The van der Waals surface area contributed by atoms with E-state index in [0.717, 1.165) is 24.2 Å². The Kier molecular flexibility index (Phi) is 4.09. The van der Waals surface area contributed by atoms with Gasteiger partial charge in [0, 0.05) is 0 Å². The number of rotatable bonds is 4. The van der Waals surface area contributed by atoms with Gasteiger partial charge in [0.15, 0.2) is 0 Å². The second-order valence-corrected chi connectivity index (χ2v) is 12.1. The summed E-state index contributed by atoms with van der Waals surface area (Å²) in [5.41, 5.74) is 2.04.